The van der Waals surface area contributed by atoms with Gasteiger partial charge in [0.1, 0.15) is 22.9 Å². The van der Waals surface area contributed by atoms with Crippen molar-refractivity contribution in [1.82, 2.24) is 20.3 Å². The van der Waals surface area contributed by atoms with Gasteiger partial charge in [-0.2, -0.15) is 13.2 Å². The summed E-state index contributed by atoms with van der Waals surface area (Å²) < 4.78 is 52.8. The van der Waals surface area contributed by atoms with Crippen LogP contribution >= 0.6 is 0 Å². The number of benzene rings is 1. The van der Waals surface area contributed by atoms with Crippen molar-refractivity contribution in [3.8, 4) is 11.3 Å². The summed E-state index contributed by atoms with van der Waals surface area (Å²) >= 11 is 0. The largest absolute Gasteiger partial charge is 0.416 e. The summed E-state index contributed by atoms with van der Waals surface area (Å²) in [5, 5.41) is 2.49. The summed E-state index contributed by atoms with van der Waals surface area (Å²) in [6.07, 6.45) is -2.15. The number of hydrogen-bond donors (Lipinski definition) is 1. The van der Waals surface area contributed by atoms with Gasteiger partial charge < -0.3 is 5.32 Å². The lowest BCUT2D eigenvalue weighted by atomic mass is 10.1. The molecule has 2 aromatic heterocycles. The van der Waals surface area contributed by atoms with Crippen molar-refractivity contribution >= 4 is 16.9 Å². The van der Waals surface area contributed by atoms with Gasteiger partial charge in [-0.3, -0.25) is 9.78 Å². The highest BCUT2D eigenvalue weighted by Crippen LogP contribution is 2.33. The Morgan fingerprint density at radius 3 is 2.67 bits per heavy atom. The molecule has 0 saturated heterocycles. The number of carbonyl (C=O) groups excluding carboxylic acids is 1. The number of aromatic nitrogens is 3. The zero-order valence-corrected chi connectivity index (χ0v) is 13.7. The number of pyridine rings is 1. The maximum Gasteiger partial charge on any atom is 0.416 e. The van der Waals surface area contributed by atoms with Crippen molar-refractivity contribution < 1.29 is 22.4 Å². The summed E-state index contributed by atoms with van der Waals surface area (Å²) in [5.74, 6) is -1.39. The van der Waals surface area contributed by atoms with E-state index in [0.717, 1.165) is 18.2 Å². The van der Waals surface area contributed by atoms with Crippen LogP contribution in [-0.4, -0.2) is 20.9 Å². The second kappa shape index (κ2) is 7.10. The molecule has 0 radical (unpaired) electrons. The molecule has 0 bridgehead atoms. The number of alkyl halides is 3. The number of nitrogens with one attached hydrogen (secondary N) is 1. The van der Waals surface area contributed by atoms with Crippen molar-refractivity contribution in [3.05, 3.63) is 66.4 Å². The number of carbonyl (C=O) groups is 1. The molecule has 3 rings (SSSR count). The Kier molecular flexibility index (Phi) is 4.85. The minimum atomic E-state index is -4.66. The lowest BCUT2D eigenvalue weighted by Crippen LogP contribution is -2.21. The monoisotopic (exact) mass is 376 g/mol. The van der Waals surface area contributed by atoms with Gasteiger partial charge >= 0.3 is 6.18 Å². The molecular weight excluding hydrogens is 364 g/mol. The molecule has 0 aliphatic heterocycles. The first-order valence-corrected chi connectivity index (χ1v) is 7.68. The summed E-state index contributed by atoms with van der Waals surface area (Å²) in [5.41, 5.74) is -0.617. The molecule has 0 unspecified atom stereocenters. The second-order valence-electron chi connectivity index (χ2n) is 5.47. The van der Waals surface area contributed by atoms with Gasteiger partial charge in [0.15, 0.2) is 0 Å². The third kappa shape index (κ3) is 3.91. The molecule has 0 saturated carbocycles. The number of halogens is 4. The normalized spacial score (nSPS) is 11.4. The minimum absolute atomic E-state index is 0.0367. The van der Waals surface area contributed by atoms with E-state index in [-0.39, 0.29) is 29.1 Å². The molecule has 5 nitrogen and oxygen atoms in total. The second-order valence-corrected chi connectivity index (χ2v) is 5.47. The lowest BCUT2D eigenvalue weighted by Gasteiger charge is -2.11. The van der Waals surface area contributed by atoms with E-state index in [9.17, 15) is 22.4 Å². The topological polar surface area (TPSA) is 67.8 Å². The van der Waals surface area contributed by atoms with Crippen LogP contribution in [0.25, 0.3) is 22.3 Å². The minimum Gasteiger partial charge on any atom is -0.345 e. The van der Waals surface area contributed by atoms with Crippen LogP contribution in [0.2, 0.25) is 0 Å². The van der Waals surface area contributed by atoms with Crippen LogP contribution in [0.1, 0.15) is 11.4 Å². The maximum atomic E-state index is 14.4. The molecule has 27 heavy (non-hydrogen) atoms. The first-order chi connectivity index (χ1) is 12.8. The molecule has 0 spiro atoms. The summed E-state index contributed by atoms with van der Waals surface area (Å²) in [6, 6.07) is 5.39. The zero-order valence-electron chi connectivity index (χ0n) is 13.7. The van der Waals surface area contributed by atoms with E-state index in [1.165, 1.54) is 6.20 Å². The van der Waals surface area contributed by atoms with Gasteiger partial charge in [-0.25, -0.2) is 14.4 Å². The van der Waals surface area contributed by atoms with Crippen LogP contribution in [0.3, 0.4) is 0 Å². The number of hydrogen-bond acceptors (Lipinski definition) is 4. The average molecular weight is 376 g/mol. The van der Waals surface area contributed by atoms with Crippen molar-refractivity contribution in [2.24, 2.45) is 0 Å². The van der Waals surface area contributed by atoms with Crippen LogP contribution < -0.4 is 5.32 Å². The van der Waals surface area contributed by atoms with E-state index >= 15 is 0 Å². The molecule has 1 aromatic carbocycles. The van der Waals surface area contributed by atoms with Crippen molar-refractivity contribution in [1.29, 1.82) is 0 Å². The Hall–Kier alpha value is -3.36. The fourth-order valence-corrected chi connectivity index (χ4v) is 2.40. The molecule has 0 fully saturated rings. The first kappa shape index (κ1) is 18.4. The van der Waals surface area contributed by atoms with Gasteiger partial charge in [0.2, 0.25) is 5.91 Å². The van der Waals surface area contributed by atoms with E-state index in [4.69, 9.17) is 0 Å². The van der Waals surface area contributed by atoms with Gasteiger partial charge in [-0.05, 0) is 36.4 Å². The van der Waals surface area contributed by atoms with Gasteiger partial charge in [-0.15, -0.1) is 0 Å². The number of amides is 1. The molecule has 1 amide bonds. The zero-order chi connectivity index (χ0) is 19.6. The Morgan fingerprint density at radius 1 is 1.22 bits per heavy atom. The fraction of sp³-hybridized carbons (Fsp3) is 0.111. The number of rotatable bonds is 4. The quantitative estimate of drug-likeness (QED) is 0.558. The van der Waals surface area contributed by atoms with E-state index < -0.39 is 23.5 Å². The van der Waals surface area contributed by atoms with Crippen LogP contribution in [0.15, 0.2) is 49.2 Å². The molecule has 0 atom stereocenters. The Bertz CT molecular complexity index is 1030. The Balaban J connectivity index is 2.12. The van der Waals surface area contributed by atoms with Gasteiger partial charge in [0, 0.05) is 11.8 Å². The fourth-order valence-electron chi connectivity index (χ4n) is 2.40. The SMILES string of the molecule is C=CC(=O)NCc1nc(-c2ccc(C(F)(F)F)cc2F)c2ncccc2n1. The van der Waals surface area contributed by atoms with Crippen LogP contribution in [0.4, 0.5) is 17.6 Å². The third-order valence-electron chi connectivity index (χ3n) is 3.66. The van der Waals surface area contributed by atoms with E-state index in [1.54, 1.807) is 12.1 Å². The number of nitrogens with zero attached hydrogens (tertiary/aromatic N) is 3. The van der Waals surface area contributed by atoms with E-state index in [0.29, 0.717) is 11.6 Å². The average Bonchev–Trinajstić information content (AvgIpc) is 2.64. The predicted octanol–water partition coefficient (Wildman–Crippen LogP) is 3.65. The van der Waals surface area contributed by atoms with Crippen LogP contribution in [0, 0.1) is 5.82 Å². The molecule has 9 heteroatoms. The highest BCUT2D eigenvalue weighted by atomic mass is 19.4. The van der Waals surface area contributed by atoms with Gasteiger partial charge in [-0.1, -0.05) is 6.58 Å². The number of fused-ring (bicyclic) bond motifs is 1. The van der Waals surface area contributed by atoms with Crippen molar-refractivity contribution in [3.63, 3.8) is 0 Å². The summed E-state index contributed by atoms with van der Waals surface area (Å²) in [4.78, 5) is 23.8. The molecule has 0 aliphatic carbocycles. The molecule has 138 valence electrons. The molecule has 1 N–H and O–H groups in total. The third-order valence-corrected chi connectivity index (χ3v) is 3.66. The van der Waals surface area contributed by atoms with E-state index in [2.05, 4.69) is 26.8 Å². The predicted molar refractivity (Wildman–Crippen MR) is 89.8 cm³/mol. The highest BCUT2D eigenvalue weighted by Gasteiger charge is 2.31. The maximum absolute atomic E-state index is 14.4. The van der Waals surface area contributed by atoms with Gasteiger partial charge in [0.25, 0.3) is 0 Å². The van der Waals surface area contributed by atoms with Crippen LogP contribution in [-0.2, 0) is 17.5 Å². The first-order valence-electron chi connectivity index (χ1n) is 7.68. The molecule has 2 heterocycles. The van der Waals surface area contributed by atoms with E-state index in [1.807, 2.05) is 0 Å². The van der Waals surface area contributed by atoms with Crippen molar-refractivity contribution in [2.75, 3.05) is 0 Å². The smallest absolute Gasteiger partial charge is 0.345 e. The van der Waals surface area contributed by atoms with Crippen molar-refractivity contribution in [2.45, 2.75) is 12.7 Å². The Morgan fingerprint density at radius 2 is 2.00 bits per heavy atom. The highest BCUT2D eigenvalue weighted by molar-refractivity contribution is 5.89. The molecule has 3 aromatic rings. The van der Waals surface area contributed by atoms with Gasteiger partial charge in [0.05, 0.1) is 17.6 Å². The Labute approximate surface area is 150 Å². The van der Waals surface area contributed by atoms with Crippen LogP contribution in [0.5, 0.6) is 0 Å². The summed E-state index contributed by atoms with van der Waals surface area (Å²) in [6.45, 7) is 3.26. The standard InChI is InChI=1S/C18H12F4N4O/c1-2-15(27)24-9-14-25-13-4-3-7-23-17(13)16(26-14)11-6-5-10(8-12(11)19)18(20,21)22/h2-8H,1,9H2,(H,24,27). The molecule has 0 aliphatic rings. The summed E-state index contributed by atoms with van der Waals surface area (Å²) in [7, 11) is 0. The lowest BCUT2D eigenvalue weighted by molar-refractivity contribution is -0.137. The molecular formula is C18H12F4N4O.